The van der Waals surface area contributed by atoms with Crippen LogP contribution in [-0.2, 0) is 22.9 Å². The van der Waals surface area contributed by atoms with Gasteiger partial charge in [0.05, 0.1) is 11.8 Å². The molecule has 1 amide bonds. The lowest BCUT2D eigenvalue weighted by Gasteiger charge is -2.20. The predicted molar refractivity (Wildman–Crippen MR) is 108 cm³/mol. The first kappa shape index (κ1) is 19.4. The minimum absolute atomic E-state index is 0.00747. The molecule has 0 spiro atoms. The summed E-state index contributed by atoms with van der Waals surface area (Å²) in [7, 11) is -3.32. The van der Waals surface area contributed by atoms with E-state index in [1.165, 1.54) is 24.0 Å². The maximum Gasteiger partial charge on any atom is 0.251 e. The lowest BCUT2D eigenvalue weighted by atomic mass is 9.89. The number of amides is 1. The SMILES string of the molecule is CCS(=O)(=O)Nc1ccc(C(=O)N[C@@H](C)c2ccc3c(c2)CCCC3)cc1. The van der Waals surface area contributed by atoms with E-state index >= 15 is 0 Å². The van der Waals surface area contributed by atoms with Crippen molar-refractivity contribution >= 4 is 21.6 Å². The highest BCUT2D eigenvalue weighted by atomic mass is 32.2. The van der Waals surface area contributed by atoms with Crippen molar-refractivity contribution in [2.45, 2.75) is 45.6 Å². The summed E-state index contributed by atoms with van der Waals surface area (Å²) in [5.74, 6) is -0.168. The number of anilines is 1. The monoisotopic (exact) mass is 386 g/mol. The van der Waals surface area contributed by atoms with Gasteiger partial charge in [0, 0.05) is 11.3 Å². The van der Waals surface area contributed by atoms with E-state index in [4.69, 9.17) is 0 Å². The molecule has 3 rings (SSSR count). The Labute approximate surface area is 161 Å². The van der Waals surface area contributed by atoms with Crippen molar-refractivity contribution in [1.29, 1.82) is 0 Å². The number of hydrogen-bond donors (Lipinski definition) is 2. The summed E-state index contributed by atoms with van der Waals surface area (Å²) in [6, 6.07) is 12.9. The summed E-state index contributed by atoms with van der Waals surface area (Å²) >= 11 is 0. The van der Waals surface area contributed by atoms with Crippen LogP contribution in [-0.4, -0.2) is 20.1 Å². The molecule has 1 aliphatic rings. The fraction of sp³-hybridized carbons (Fsp3) is 0.381. The van der Waals surface area contributed by atoms with Gasteiger partial charge >= 0.3 is 0 Å². The van der Waals surface area contributed by atoms with Gasteiger partial charge in [-0.2, -0.15) is 0 Å². The van der Waals surface area contributed by atoms with Crippen LogP contribution in [0.25, 0.3) is 0 Å². The molecule has 0 bridgehead atoms. The minimum Gasteiger partial charge on any atom is -0.346 e. The zero-order valence-electron chi connectivity index (χ0n) is 15.8. The summed E-state index contributed by atoms with van der Waals surface area (Å²) < 4.78 is 25.7. The molecule has 2 aromatic carbocycles. The Balaban J connectivity index is 1.66. The van der Waals surface area contributed by atoms with E-state index in [-0.39, 0.29) is 17.7 Å². The number of benzene rings is 2. The van der Waals surface area contributed by atoms with Crippen LogP contribution in [0.5, 0.6) is 0 Å². The highest BCUT2D eigenvalue weighted by Crippen LogP contribution is 2.25. The molecule has 0 saturated heterocycles. The first-order valence-electron chi connectivity index (χ1n) is 9.41. The third kappa shape index (κ3) is 4.89. The molecule has 0 heterocycles. The molecule has 0 aromatic heterocycles. The fourth-order valence-corrected chi connectivity index (χ4v) is 3.97. The standard InChI is InChI=1S/C21H26N2O3S/c1-3-27(25,26)23-20-12-10-17(11-13-20)21(24)22-15(2)18-9-8-16-6-4-5-7-19(16)14-18/h8-15,23H,3-7H2,1-2H3,(H,22,24)/t15-/m0/s1. The average molecular weight is 387 g/mol. The van der Waals surface area contributed by atoms with Crippen LogP contribution in [0.1, 0.15) is 59.8 Å². The molecule has 27 heavy (non-hydrogen) atoms. The van der Waals surface area contributed by atoms with E-state index in [1.807, 2.05) is 6.92 Å². The maximum absolute atomic E-state index is 12.5. The highest BCUT2D eigenvalue weighted by molar-refractivity contribution is 7.92. The number of hydrogen-bond acceptors (Lipinski definition) is 3. The normalized spacial score (nSPS) is 14.9. The van der Waals surface area contributed by atoms with E-state index < -0.39 is 10.0 Å². The number of carbonyl (C=O) groups excluding carboxylic acids is 1. The fourth-order valence-electron chi connectivity index (χ4n) is 3.33. The van der Waals surface area contributed by atoms with Gasteiger partial charge in [-0.15, -0.1) is 0 Å². The van der Waals surface area contributed by atoms with Crippen molar-refractivity contribution in [3.63, 3.8) is 0 Å². The van der Waals surface area contributed by atoms with Crippen LogP contribution in [0.2, 0.25) is 0 Å². The Morgan fingerprint density at radius 3 is 2.37 bits per heavy atom. The first-order valence-corrected chi connectivity index (χ1v) is 11.1. The lowest BCUT2D eigenvalue weighted by molar-refractivity contribution is 0.0940. The van der Waals surface area contributed by atoms with E-state index in [9.17, 15) is 13.2 Å². The quantitative estimate of drug-likeness (QED) is 0.792. The van der Waals surface area contributed by atoms with Crippen LogP contribution in [0, 0.1) is 0 Å². The van der Waals surface area contributed by atoms with E-state index in [1.54, 1.807) is 31.2 Å². The molecule has 1 aliphatic carbocycles. The van der Waals surface area contributed by atoms with E-state index in [0.29, 0.717) is 11.3 Å². The third-order valence-corrected chi connectivity index (χ3v) is 6.33. The smallest absolute Gasteiger partial charge is 0.251 e. The summed E-state index contributed by atoms with van der Waals surface area (Å²) in [6.45, 7) is 3.55. The summed E-state index contributed by atoms with van der Waals surface area (Å²) in [5.41, 5.74) is 4.88. The summed E-state index contributed by atoms with van der Waals surface area (Å²) in [5, 5.41) is 3.02. The predicted octanol–water partition coefficient (Wildman–Crippen LogP) is 3.82. The van der Waals surface area contributed by atoms with Gasteiger partial charge in [0.25, 0.3) is 5.91 Å². The summed E-state index contributed by atoms with van der Waals surface area (Å²) in [6.07, 6.45) is 4.73. The lowest BCUT2D eigenvalue weighted by Crippen LogP contribution is -2.26. The molecule has 0 saturated carbocycles. The Morgan fingerprint density at radius 1 is 1.04 bits per heavy atom. The second-order valence-electron chi connectivity index (χ2n) is 7.01. The number of rotatable bonds is 6. The summed E-state index contributed by atoms with van der Waals surface area (Å²) in [4.78, 5) is 12.5. The van der Waals surface area contributed by atoms with Gasteiger partial charge in [-0.25, -0.2) is 8.42 Å². The molecule has 2 aromatic rings. The molecular formula is C21H26N2O3S. The molecule has 1 atom stereocenters. The third-order valence-electron chi connectivity index (χ3n) is 5.02. The molecular weight excluding hydrogens is 360 g/mol. The highest BCUT2D eigenvalue weighted by Gasteiger charge is 2.15. The van der Waals surface area contributed by atoms with Gasteiger partial charge in [0.2, 0.25) is 10.0 Å². The largest absolute Gasteiger partial charge is 0.346 e. The molecule has 0 radical (unpaired) electrons. The van der Waals surface area contributed by atoms with Gasteiger partial charge in [-0.3, -0.25) is 9.52 Å². The van der Waals surface area contributed by atoms with Crippen LogP contribution >= 0.6 is 0 Å². The Kier molecular flexibility index (Phi) is 5.85. The van der Waals surface area contributed by atoms with E-state index in [0.717, 1.165) is 18.4 Å². The zero-order valence-corrected chi connectivity index (χ0v) is 16.6. The minimum atomic E-state index is -3.32. The van der Waals surface area contributed by atoms with Gasteiger partial charge in [0.1, 0.15) is 0 Å². The number of carbonyl (C=O) groups is 1. The van der Waals surface area contributed by atoms with E-state index in [2.05, 4.69) is 28.2 Å². The second kappa shape index (κ2) is 8.13. The average Bonchev–Trinajstić information content (AvgIpc) is 2.67. The number of aryl methyl sites for hydroxylation is 2. The number of sulfonamides is 1. The second-order valence-corrected chi connectivity index (χ2v) is 9.02. The zero-order chi connectivity index (χ0) is 19.4. The maximum atomic E-state index is 12.5. The molecule has 5 nitrogen and oxygen atoms in total. The molecule has 0 aliphatic heterocycles. The topological polar surface area (TPSA) is 75.3 Å². The van der Waals surface area contributed by atoms with Gasteiger partial charge < -0.3 is 5.32 Å². The van der Waals surface area contributed by atoms with Crippen LogP contribution < -0.4 is 10.0 Å². The van der Waals surface area contributed by atoms with Crippen LogP contribution in [0.3, 0.4) is 0 Å². The van der Waals surface area contributed by atoms with Gasteiger partial charge in [0.15, 0.2) is 0 Å². The Hall–Kier alpha value is -2.34. The number of fused-ring (bicyclic) bond motifs is 1. The molecule has 6 heteroatoms. The molecule has 144 valence electrons. The molecule has 0 fully saturated rings. The number of nitrogens with one attached hydrogen (secondary N) is 2. The van der Waals surface area contributed by atoms with Gasteiger partial charge in [-0.05, 0) is 80.5 Å². The van der Waals surface area contributed by atoms with Crippen molar-refractivity contribution in [2.24, 2.45) is 0 Å². The first-order chi connectivity index (χ1) is 12.9. The van der Waals surface area contributed by atoms with Crippen molar-refractivity contribution < 1.29 is 13.2 Å². The van der Waals surface area contributed by atoms with Crippen molar-refractivity contribution in [3.05, 3.63) is 64.7 Å². The van der Waals surface area contributed by atoms with Crippen molar-refractivity contribution in [2.75, 3.05) is 10.5 Å². The molecule has 2 N–H and O–H groups in total. The van der Waals surface area contributed by atoms with Gasteiger partial charge in [-0.1, -0.05) is 18.2 Å². The Bertz CT molecular complexity index is 921. The van der Waals surface area contributed by atoms with Crippen molar-refractivity contribution in [3.8, 4) is 0 Å². The Morgan fingerprint density at radius 2 is 1.70 bits per heavy atom. The van der Waals surface area contributed by atoms with Crippen molar-refractivity contribution in [1.82, 2.24) is 5.32 Å². The molecule has 0 unspecified atom stereocenters. The van der Waals surface area contributed by atoms with Crippen LogP contribution in [0.15, 0.2) is 42.5 Å². The van der Waals surface area contributed by atoms with Crippen LogP contribution in [0.4, 0.5) is 5.69 Å².